The second-order valence-electron chi connectivity index (χ2n) is 4.35. The van der Waals surface area contributed by atoms with E-state index < -0.39 is 0 Å². The molecule has 0 unspecified atom stereocenters. The van der Waals surface area contributed by atoms with E-state index in [0.717, 1.165) is 31.0 Å². The molecule has 0 amide bonds. The van der Waals surface area contributed by atoms with Gasteiger partial charge in [0.05, 0.1) is 5.69 Å². The molecule has 0 radical (unpaired) electrons. The van der Waals surface area contributed by atoms with Crippen LogP contribution in [0.2, 0.25) is 0 Å². The van der Waals surface area contributed by atoms with Gasteiger partial charge in [-0.1, -0.05) is 27.2 Å². The van der Waals surface area contributed by atoms with Crippen LogP contribution in [0.5, 0.6) is 0 Å². The van der Waals surface area contributed by atoms with Crippen molar-refractivity contribution in [1.29, 1.82) is 0 Å². The van der Waals surface area contributed by atoms with Gasteiger partial charge in [-0.15, -0.1) is 0 Å². The molecule has 15 heavy (non-hydrogen) atoms. The van der Waals surface area contributed by atoms with Crippen molar-refractivity contribution >= 4 is 0 Å². The smallest absolute Gasteiger partial charge is 0.181 e. The van der Waals surface area contributed by atoms with Crippen LogP contribution < -0.4 is 5.32 Å². The second kappa shape index (κ2) is 6.62. The van der Waals surface area contributed by atoms with E-state index in [1.165, 1.54) is 12.8 Å². The number of nitrogens with one attached hydrogen (secondary N) is 1. The maximum absolute atomic E-state index is 5.37. The number of hydrogen-bond donors (Lipinski definition) is 1. The Hall–Kier alpha value is -0.830. The molecule has 0 aliphatic carbocycles. The highest BCUT2D eigenvalue weighted by Gasteiger charge is 2.07. The number of oxazole rings is 1. The van der Waals surface area contributed by atoms with Gasteiger partial charge in [-0.05, 0) is 18.9 Å². The summed E-state index contributed by atoms with van der Waals surface area (Å²) in [5.41, 5.74) is 1.07. The standard InChI is InChI=1S/C12H22N2O/c1-4-5-6-12-11(14-9-15-12)8-13-7-10(2)3/h9-10,13H,4-8H2,1-3H3. The van der Waals surface area contributed by atoms with Crippen molar-refractivity contribution in [3.63, 3.8) is 0 Å². The van der Waals surface area contributed by atoms with Crippen molar-refractivity contribution in [3.05, 3.63) is 17.8 Å². The molecule has 1 aromatic rings. The molecule has 0 fully saturated rings. The molecular formula is C12H22N2O. The average molecular weight is 210 g/mol. The van der Waals surface area contributed by atoms with Gasteiger partial charge in [-0.3, -0.25) is 0 Å². The zero-order chi connectivity index (χ0) is 11.1. The molecule has 1 rings (SSSR count). The quantitative estimate of drug-likeness (QED) is 0.752. The van der Waals surface area contributed by atoms with Crippen LogP contribution in [0.4, 0.5) is 0 Å². The topological polar surface area (TPSA) is 38.1 Å². The van der Waals surface area contributed by atoms with Crippen LogP contribution in [0, 0.1) is 5.92 Å². The lowest BCUT2D eigenvalue weighted by molar-refractivity contribution is 0.487. The van der Waals surface area contributed by atoms with Crippen molar-refractivity contribution in [1.82, 2.24) is 10.3 Å². The molecule has 0 atom stereocenters. The minimum atomic E-state index is 0.677. The molecule has 0 aromatic carbocycles. The van der Waals surface area contributed by atoms with Gasteiger partial charge in [0, 0.05) is 13.0 Å². The summed E-state index contributed by atoms with van der Waals surface area (Å²) >= 11 is 0. The third-order valence-electron chi connectivity index (χ3n) is 2.33. The highest BCUT2D eigenvalue weighted by atomic mass is 16.3. The number of unbranched alkanes of at least 4 members (excludes halogenated alkanes) is 1. The zero-order valence-corrected chi connectivity index (χ0v) is 10.0. The fourth-order valence-electron chi connectivity index (χ4n) is 1.46. The number of nitrogens with zero attached hydrogens (tertiary/aromatic N) is 1. The Labute approximate surface area is 92.3 Å². The number of aryl methyl sites for hydroxylation is 1. The first-order valence-electron chi connectivity index (χ1n) is 5.86. The van der Waals surface area contributed by atoms with E-state index >= 15 is 0 Å². The largest absolute Gasteiger partial charge is 0.448 e. The van der Waals surface area contributed by atoms with Gasteiger partial charge < -0.3 is 9.73 Å². The minimum Gasteiger partial charge on any atom is -0.448 e. The van der Waals surface area contributed by atoms with Crippen LogP contribution in [-0.4, -0.2) is 11.5 Å². The summed E-state index contributed by atoms with van der Waals surface area (Å²) in [6.07, 6.45) is 4.93. The van der Waals surface area contributed by atoms with Crippen LogP contribution in [0.3, 0.4) is 0 Å². The van der Waals surface area contributed by atoms with Gasteiger partial charge in [0.25, 0.3) is 0 Å². The van der Waals surface area contributed by atoms with Crippen molar-refractivity contribution in [2.45, 2.75) is 46.6 Å². The van der Waals surface area contributed by atoms with Crippen molar-refractivity contribution in [2.75, 3.05) is 6.54 Å². The average Bonchev–Trinajstić information content (AvgIpc) is 2.62. The van der Waals surface area contributed by atoms with Gasteiger partial charge in [-0.25, -0.2) is 4.98 Å². The highest BCUT2D eigenvalue weighted by molar-refractivity contribution is 5.06. The van der Waals surface area contributed by atoms with E-state index in [1.54, 1.807) is 6.39 Å². The van der Waals surface area contributed by atoms with E-state index in [2.05, 4.69) is 31.1 Å². The Morgan fingerprint density at radius 3 is 2.93 bits per heavy atom. The van der Waals surface area contributed by atoms with E-state index in [-0.39, 0.29) is 0 Å². The Bertz CT molecular complexity index is 268. The molecule has 0 bridgehead atoms. The minimum absolute atomic E-state index is 0.677. The van der Waals surface area contributed by atoms with Gasteiger partial charge in [0.15, 0.2) is 6.39 Å². The van der Waals surface area contributed by atoms with Crippen LogP contribution >= 0.6 is 0 Å². The fourth-order valence-corrected chi connectivity index (χ4v) is 1.46. The predicted molar refractivity (Wildman–Crippen MR) is 61.7 cm³/mol. The van der Waals surface area contributed by atoms with Crippen LogP contribution in [0.1, 0.15) is 45.1 Å². The molecule has 0 saturated carbocycles. The van der Waals surface area contributed by atoms with Crippen LogP contribution in [0.25, 0.3) is 0 Å². The normalized spacial score (nSPS) is 11.2. The van der Waals surface area contributed by atoms with Crippen molar-refractivity contribution in [3.8, 4) is 0 Å². The molecule has 86 valence electrons. The first-order chi connectivity index (χ1) is 7.24. The summed E-state index contributed by atoms with van der Waals surface area (Å²) in [6, 6.07) is 0. The summed E-state index contributed by atoms with van der Waals surface area (Å²) in [4.78, 5) is 4.24. The first kappa shape index (κ1) is 12.2. The number of hydrogen-bond acceptors (Lipinski definition) is 3. The van der Waals surface area contributed by atoms with Crippen LogP contribution in [0.15, 0.2) is 10.8 Å². The molecule has 3 heteroatoms. The first-order valence-corrected chi connectivity index (χ1v) is 5.86. The zero-order valence-electron chi connectivity index (χ0n) is 10.0. The molecule has 0 saturated heterocycles. The molecular weight excluding hydrogens is 188 g/mol. The van der Waals surface area contributed by atoms with Crippen molar-refractivity contribution < 1.29 is 4.42 Å². The third kappa shape index (κ3) is 4.47. The Morgan fingerprint density at radius 1 is 1.47 bits per heavy atom. The molecule has 1 N–H and O–H groups in total. The molecule has 0 aliphatic rings. The lowest BCUT2D eigenvalue weighted by Gasteiger charge is -2.06. The predicted octanol–water partition coefficient (Wildman–Crippen LogP) is 2.76. The van der Waals surface area contributed by atoms with Gasteiger partial charge in [0.2, 0.25) is 0 Å². The lowest BCUT2D eigenvalue weighted by Crippen LogP contribution is -2.19. The third-order valence-corrected chi connectivity index (χ3v) is 2.33. The van der Waals surface area contributed by atoms with Gasteiger partial charge in [-0.2, -0.15) is 0 Å². The molecule has 0 spiro atoms. The Morgan fingerprint density at radius 2 is 2.27 bits per heavy atom. The van der Waals surface area contributed by atoms with E-state index in [1.807, 2.05) is 0 Å². The van der Waals surface area contributed by atoms with E-state index in [4.69, 9.17) is 4.42 Å². The number of aromatic nitrogens is 1. The molecule has 3 nitrogen and oxygen atoms in total. The molecule has 1 aromatic heterocycles. The maximum Gasteiger partial charge on any atom is 0.181 e. The monoisotopic (exact) mass is 210 g/mol. The van der Waals surface area contributed by atoms with E-state index in [9.17, 15) is 0 Å². The summed E-state index contributed by atoms with van der Waals surface area (Å²) < 4.78 is 5.37. The second-order valence-corrected chi connectivity index (χ2v) is 4.35. The summed E-state index contributed by atoms with van der Waals surface area (Å²) in [6.45, 7) is 8.45. The van der Waals surface area contributed by atoms with E-state index in [0.29, 0.717) is 5.92 Å². The maximum atomic E-state index is 5.37. The fraction of sp³-hybridized carbons (Fsp3) is 0.750. The Kier molecular flexibility index (Phi) is 5.40. The molecule has 0 aliphatic heterocycles. The van der Waals surface area contributed by atoms with Crippen LogP contribution in [-0.2, 0) is 13.0 Å². The van der Waals surface area contributed by atoms with Gasteiger partial charge in [0.1, 0.15) is 5.76 Å². The Balaban J connectivity index is 2.35. The summed E-state index contributed by atoms with van der Waals surface area (Å²) in [5.74, 6) is 1.73. The van der Waals surface area contributed by atoms with Gasteiger partial charge >= 0.3 is 0 Å². The van der Waals surface area contributed by atoms with Crippen molar-refractivity contribution in [2.24, 2.45) is 5.92 Å². The summed E-state index contributed by atoms with van der Waals surface area (Å²) in [5, 5.41) is 3.38. The summed E-state index contributed by atoms with van der Waals surface area (Å²) in [7, 11) is 0. The molecule has 1 heterocycles. The highest BCUT2D eigenvalue weighted by Crippen LogP contribution is 2.10. The number of rotatable bonds is 7. The lowest BCUT2D eigenvalue weighted by atomic mass is 10.2. The SMILES string of the molecule is CCCCc1ocnc1CNCC(C)C.